The predicted octanol–water partition coefficient (Wildman–Crippen LogP) is 4.05. The van der Waals surface area contributed by atoms with Gasteiger partial charge in [-0.3, -0.25) is 10.1 Å². The molecule has 0 radical (unpaired) electrons. The normalized spacial score (nSPS) is 10.2. The van der Waals surface area contributed by atoms with Crippen molar-refractivity contribution in [2.75, 3.05) is 0 Å². The molecule has 0 aliphatic rings. The lowest BCUT2D eigenvalue weighted by atomic mass is 10.2. The second-order valence-corrected chi connectivity index (χ2v) is 4.69. The topological polar surface area (TPSA) is 89.7 Å². The highest BCUT2D eigenvalue weighted by molar-refractivity contribution is 6.32. The van der Waals surface area contributed by atoms with E-state index in [4.69, 9.17) is 21.4 Å². The number of nitro benzene ring substituents is 1. The van der Waals surface area contributed by atoms with E-state index in [-0.39, 0.29) is 27.8 Å². The van der Waals surface area contributed by atoms with E-state index >= 15 is 0 Å². The molecule has 0 atom stereocenters. The molecule has 0 aliphatic heterocycles. The number of ether oxygens (including phenoxy) is 1. The molecule has 0 spiro atoms. The number of hydrogen-bond acceptors (Lipinski definition) is 4. The Bertz CT molecular complexity index is 729. The van der Waals surface area contributed by atoms with Crippen LogP contribution in [0.25, 0.3) is 0 Å². The van der Waals surface area contributed by atoms with Crippen molar-refractivity contribution in [3.8, 4) is 11.5 Å². The van der Waals surface area contributed by atoms with Gasteiger partial charge in [0.2, 0.25) is 5.75 Å². The Morgan fingerprint density at radius 1 is 1.24 bits per heavy atom. The molecule has 0 aliphatic carbocycles. The lowest BCUT2D eigenvalue weighted by Gasteiger charge is -2.09. The number of carboxylic acids is 1. The van der Waals surface area contributed by atoms with Crippen LogP contribution in [-0.2, 0) is 0 Å². The fraction of sp³-hybridized carbons (Fsp3) is 0.0714. The van der Waals surface area contributed by atoms with Gasteiger partial charge in [-0.2, -0.15) is 0 Å². The molecule has 6 nitrogen and oxygen atoms in total. The Kier molecular flexibility index (Phi) is 4.09. The molecule has 0 aromatic heterocycles. The molecular formula is C14H10ClNO5. The Balaban J connectivity index is 2.50. The summed E-state index contributed by atoms with van der Waals surface area (Å²) in [7, 11) is 0. The Morgan fingerprint density at radius 3 is 2.57 bits per heavy atom. The molecule has 0 saturated carbocycles. The molecule has 108 valence electrons. The van der Waals surface area contributed by atoms with Gasteiger partial charge in [-0.1, -0.05) is 17.7 Å². The first-order valence-corrected chi connectivity index (χ1v) is 6.22. The van der Waals surface area contributed by atoms with Gasteiger partial charge in [0, 0.05) is 12.1 Å². The molecule has 0 amide bonds. The number of rotatable bonds is 4. The summed E-state index contributed by atoms with van der Waals surface area (Å²) in [6, 6.07) is 8.29. The van der Waals surface area contributed by atoms with Crippen molar-refractivity contribution >= 4 is 23.3 Å². The van der Waals surface area contributed by atoms with Crippen molar-refractivity contribution in [3.63, 3.8) is 0 Å². The van der Waals surface area contributed by atoms with Gasteiger partial charge in [-0.05, 0) is 30.7 Å². The van der Waals surface area contributed by atoms with Gasteiger partial charge >= 0.3 is 11.7 Å². The SMILES string of the molecule is Cc1ccc(Cl)c(Oc2cc(C(=O)O)ccc2[N+](=O)[O-])c1. The van der Waals surface area contributed by atoms with Crippen molar-refractivity contribution in [2.45, 2.75) is 6.92 Å². The average molecular weight is 308 g/mol. The summed E-state index contributed by atoms with van der Waals surface area (Å²) in [5.41, 5.74) is 0.406. The Morgan fingerprint density at radius 2 is 1.95 bits per heavy atom. The fourth-order valence-corrected chi connectivity index (χ4v) is 1.84. The first-order chi connectivity index (χ1) is 9.88. The standard InChI is InChI=1S/C14H10ClNO5/c1-8-2-4-10(15)12(6-8)21-13-7-9(14(17)18)3-5-11(13)16(19)20/h2-7H,1H3,(H,17,18). The lowest BCUT2D eigenvalue weighted by molar-refractivity contribution is -0.385. The summed E-state index contributed by atoms with van der Waals surface area (Å²) in [5, 5.41) is 20.2. The fourth-order valence-electron chi connectivity index (χ4n) is 1.69. The minimum absolute atomic E-state index is 0.112. The smallest absolute Gasteiger partial charge is 0.335 e. The third-order valence-corrected chi connectivity index (χ3v) is 3.02. The van der Waals surface area contributed by atoms with Gasteiger partial charge in [-0.15, -0.1) is 0 Å². The zero-order valence-corrected chi connectivity index (χ0v) is 11.6. The Hall–Kier alpha value is -2.60. The number of benzene rings is 2. The van der Waals surface area contributed by atoms with E-state index in [9.17, 15) is 14.9 Å². The van der Waals surface area contributed by atoms with Crippen LogP contribution in [0.15, 0.2) is 36.4 Å². The van der Waals surface area contributed by atoms with Crippen molar-refractivity contribution < 1.29 is 19.6 Å². The number of nitro groups is 1. The summed E-state index contributed by atoms with van der Waals surface area (Å²) in [6.07, 6.45) is 0. The van der Waals surface area contributed by atoms with Gasteiger partial charge < -0.3 is 9.84 Å². The van der Waals surface area contributed by atoms with Crippen molar-refractivity contribution in [3.05, 3.63) is 62.7 Å². The minimum Gasteiger partial charge on any atom is -0.478 e. The largest absolute Gasteiger partial charge is 0.478 e. The molecule has 0 heterocycles. The van der Waals surface area contributed by atoms with E-state index in [0.29, 0.717) is 0 Å². The number of aromatic carboxylic acids is 1. The van der Waals surface area contributed by atoms with Crippen molar-refractivity contribution in [2.24, 2.45) is 0 Å². The average Bonchev–Trinajstić information content (AvgIpc) is 2.42. The lowest BCUT2D eigenvalue weighted by Crippen LogP contribution is -2.00. The van der Waals surface area contributed by atoms with Crippen LogP contribution in [0.5, 0.6) is 11.5 Å². The zero-order chi connectivity index (χ0) is 15.6. The first-order valence-electron chi connectivity index (χ1n) is 5.84. The van der Waals surface area contributed by atoms with Gasteiger partial charge in [0.05, 0.1) is 15.5 Å². The third kappa shape index (κ3) is 3.29. The summed E-state index contributed by atoms with van der Waals surface area (Å²) in [5.74, 6) is -1.15. The molecule has 0 bridgehead atoms. The van der Waals surface area contributed by atoms with Crippen LogP contribution in [-0.4, -0.2) is 16.0 Å². The second-order valence-electron chi connectivity index (χ2n) is 4.28. The minimum atomic E-state index is -1.20. The molecule has 0 fully saturated rings. The summed E-state index contributed by atoms with van der Waals surface area (Å²) >= 11 is 5.97. The van der Waals surface area contributed by atoms with Gasteiger partial charge in [-0.25, -0.2) is 4.79 Å². The quantitative estimate of drug-likeness (QED) is 0.680. The number of carboxylic acid groups (broad SMARTS) is 1. The van der Waals surface area contributed by atoms with Crippen LogP contribution in [0.3, 0.4) is 0 Å². The molecule has 0 unspecified atom stereocenters. The predicted molar refractivity (Wildman–Crippen MR) is 76.3 cm³/mol. The molecule has 2 aromatic carbocycles. The molecule has 0 saturated heterocycles. The highest BCUT2D eigenvalue weighted by atomic mass is 35.5. The molecule has 1 N–H and O–H groups in total. The zero-order valence-electron chi connectivity index (χ0n) is 10.9. The second kappa shape index (κ2) is 5.80. The van der Waals surface area contributed by atoms with Crippen LogP contribution in [0.4, 0.5) is 5.69 Å². The van der Waals surface area contributed by atoms with Crippen LogP contribution < -0.4 is 4.74 Å². The van der Waals surface area contributed by atoms with Gasteiger partial charge in [0.15, 0.2) is 0 Å². The summed E-state index contributed by atoms with van der Waals surface area (Å²) in [6.45, 7) is 1.81. The van der Waals surface area contributed by atoms with Gasteiger partial charge in [0.25, 0.3) is 0 Å². The highest BCUT2D eigenvalue weighted by Crippen LogP contribution is 2.36. The van der Waals surface area contributed by atoms with Gasteiger partial charge in [0.1, 0.15) is 5.75 Å². The molecule has 2 rings (SSSR count). The van der Waals surface area contributed by atoms with E-state index in [0.717, 1.165) is 23.8 Å². The maximum atomic E-state index is 11.0. The van der Waals surface area contributed by atoms with E-state index in [2.05, 4.69) is 0 Å². The monoisotopic (exact) mass is 307 g/mol. The number of hydrogen-bond donors (Lipinski definition) is 1. The van der Waals surface area contributed by atoms with E-state index in [1.165, 1.54) is 0 Å². The van der Waals surface area contributed by atoms with E-state index in [1.807, 2.05) is 6.92 Å². The van der Waals surface area contributed by atoms with E-state index in [1.54, 1.807) is 18.2 Å². The molecule has 21 heavy (non-hydrogen) atoms. The maximum Gasteiger partial charge on any atom is 0.335 e. The summed E-state index contributed by atoms with van der Waals surface area (Å²) in [4.78, 5) is 21.3. The highest BCUT2D eigenvalue weighted by Gasteiger charge is 2.19. The maximum absolute atomic E-state index is 11.0. The van der Waals surface area contributed by atoms with Crippen LogP contribution >= 0.6 is 11.6 Å². The third-order valence-electron chi connectivity index (χ3n) is 2.71. The van der Waals surface area contributed by atoms with Crippen LogP contribution in [0, 0.1) is 17.0 Å². The summed E-state index contributed by atoms with van der Waals surface area (Å²) < 4.78 is 5.44. The van der Waals surface area contributed by atoms with Crippen LogP contribution in [0.2, 0.25) is 5.02 Å². The molecule has 2 aromatic rings. The van der Waals surface area contributed by atoms with E-state index < -0.39 is 10.9 Å². The molecule has 7 heteroatoms. The van der Waals surface area contributed by atoms with Crippen molar-refractivity contribution in [1.29, 1.82) is 0 Å². The Labute approximate surface area is 124 Å². The number of halogens is 1. The first kappa shape index (κ1) is 14.8. The molecular weight excluding hydrogens is 298 g/mol. The van der Waals surface area contributed by atoms with Crippen LogP contribution in [0.1, 0.15) is 15.9 Å². The van der Waals surface area contributed by atoms with Crippen molar-refractivity contribution in [1.82, 2.24) is 0 Å². The number of nitrogens with zero attached hydrogens (tertiary/aromatic N) is 1. The number of aryl methyl sites for hydroxylation is 1. The number of carbonyl (C=O) groups is 1.